The standard InChI is InChI=1S/C33H46O6.C2H6/c1-33(2,28-8-12-30(13-9-28)38-19-4-17-35-23-26-15-20-36-24-26)27-6-10-29(11-7-27)37-18-3-16-34-22-25-5-14-31-32(21-25)39-31;1-2/h6-13,25-26,31-32H,3-5,14-24H2,1-2H3;1-2H3. The molecule has 1 saturated carbocycles. The second-order valence-corrected chi connectivity index (χ2v) is 11.8. The summed E-state index contributed by atoms with van der Waals surface area (Å²) >= 11 is 0. The Balaban J connectivity index is 0.00000189. The minimum atomic E-state index is -0.118. The number of ether oxygens (including phenoxy) is 6. The summed E-state index contributed by atoms with van der Waals surface area (Å²) in [4.78, 5) is 0. The van der Waals surface area contributed by atoms with Crippen LogP contribution in [0.4, 0.5) is 0 Å². The number of benzene rings is 2. The molecule has 3 fully saturated rings. The molecule has 4 atom stereocenters. The Bertz CT molecular complexity index is 983. The van der Waals surface area contributed by atoms with Crippen LogP contribution in [0.1, 0.15) is 77.3 Å². The molecule has 2 saturated heterocycles. The summed E-state index contributed by atoms with van der Waals surface area (Å²) in [5.74, 6) is 3.04. The van der Waals surface area contributed by atoms with Crippen LogP contribution < -0.4 is 9.47 Å². The zero-order chi connectivity index (χ0) is 28.9. The maximum atomic E-state index is 5.97. The molecule has 2 heterocycles. The van der Waals surface area contributed by atoms with Crippen LogP contribution in [-0.2, 0) is 24.4 Å². The molecule has 228 valence electrons. The van der Waals surface area contributed by atoms with Gasteiger partial charge in [-0.2, -0.15) is 0 Å². The lowest BCUT2D eigenvalue weighted by Crippen LogP contribution is -2.19. The van der Waals surface area contributed by atoms with Gasteiger partial charge in [-0.15, -0.1) is 0 Å². The fourth-order valence-corrected chi connectivity index (χ4v) is 5.66. The average Bonchev–Trinajstić information content (AvgIpc) is 3.60. The third-order valence-electron chi connectivity index (χ3n) is 8.40. The Kier molecular flexibility index (Phi) is 12.8. The number of fused-ring (bicyclic) bond motifs is 1. The molecule has 6 heteroatoms. The molecule has 4 unspecified atom stereocenters. The van der Waals surface area contributed by atoms with Gasteiger partial charge >= 0.3 is 0 Å². The molecule has 6 nitrogen and oxygen atoms in total. The highest BCUT2D eigenvalue weighted by Crippen LogP contribution is 2.39. The third-order valence-corrected chi connectivity index (χ3v) is 8.40. The minimum Gasteiger partial charge on any atom is -0.494 e. The highest BCUT2D eigenvalue weighted by molar-refractivity contribution is 5.41. The Morgan fingerprint density at radius 3 is 1.76 bits per heavy atom. The van der Waals surface area contributed by atoms with Crippen molar-refractivity contribution in [1.29, 1.82) is 0 Å². The highest BCUT2D eigenvalue weighted by atomic mass is 16.6. The maximum Gasteiger partial charge on any atom is 0.119 e. The van der Waals surface area contributed by atoms with E-state index in [2.05, 4.69) is 62.4 Å². The Morgan fingerprint density at radius 1 is 0.683 bits per heavy atom. The van der Waals surface area contributed by atoms with E-state index in [-0.39, 0.29) is 5.41 Å². The van der Waals surface area contributed by atoms with E-state index in [1.165, 1.54) is 30.4 Å². The number of hydrogen-bond acceptors (Lipinski definition) is 6. The molecule has 0 radical (unpaired) electrons. The van der Waals surface area contributed by atoms with Gasteiger partial charge in [0, 0.05) is 50.6 Å². The quantitative estimate of drug-likeness (QED) is 0.157. The van der Waals surface area contributed by atoms with Crippen LogP contribution >= 0.6 is 0 Å². The number of hydrogen-bond donors (Lipinski definition) is 0. The minimum absolute atomic E-state index is 0.118. The van der Waals surface area contributed by atoms with Crippen molar-refractivity contribution in [2.24, 2.45) is 11.8 Å². The van der Waals surface area contributed by atoms with Gasteiger partial charge in [-0.05, 0) is 67.0 Å². The van der Waals surface area contributed by atoms with Crippen LogP contribution in [0.5, 0.6) is 11.5 Å². The van der Waals surface area contributed by atoms with Gasteiger partial charge in [0.1, 0.15) is 11.5 Å². The zero-order valence-electron chi connectivity index (χ0n) is 25.8. The van der Waals surface area contributed by atoms with Crippen LogP contribution in [0.2, 0.25) is 0 Å². The molecule has 1 aliphatic carbocycles. The molecule has 5 rings (SSSR count). The van der Waals surface area contributed by atoms with Gasteiger partial charge in [0.2, 0.25) is 0 Å². The normalized spacial score (nSPS) is 23.3. The van der Waals surface area contributed by atoms with E-state index in [0.29, 0.717) is 37.3 Å². The van der Waals surface area contributed by atoms with Gasteiger partial charge in [0.05, 0.1) is 38.6 Å². The van der Waals surface area contributed by atoms with Crippen molar-refractivity contribution in [2.45, 2.75) is 83.8 Å². The summed E-state index contributed by atoms with van der Waals surface area (Å²) in [6.45, 7) is 14.7. The van der Waals surface area contributed by atoms with Crippen molar-refractivity contribution < 1.29 is 28.4 Å². The van der Waals surface area contributed by atoms with E-state index in [0.717, 1.165) is 70.4 Å². The lowest BCUT2D eigenvalue weighted by Gasteiger charge is -2.26. The van der Waals surface area contributed by atoms with Gasteiger partial charge in [0.25, 0.3) is 0 Å². The van der Waals surface area contributed by atoms with Gasteiger partial charge < -0.3 is 28.4 Å². The number of epoxide rings is 1. The summed E-state index contributed by atoms with van der Waals surface area (Å²) in [5.41, 5.74) is 2.39. The van der Waals surface area contributed by atoms with Crippen LogP contribution in [0.15, 0.2) is 48.5 Å². The van der Waals surface area contributed by atoms with Gasteiger partial charge in [0.15, 0.2) is 0 Å². The molecule has 41 heavy (non-hydrogen) atoms. The predicted octanol–water partition coefficient (Wildman–Crippen LogP) is 7.21. The predicted molar refractivity (Wildman–Crippen MR) is 163 cm³/mol. The molecular weight excluding hydrogens is 516 g/mol. The Labute approximate surface area is 248 Å². The molecular formula is C35H52O6. The van der Waals surface area contributed by atoms with Crippen LogP contribution in [0.25, 0.3) is 0 Å². The fourth-order valence-electron chi connectivity index (χ4n) is 5.66. The summed E-state index contributed by atoms with van der Waals surface area (Å²) in [6.07, 6.45) is 7.63. The maximum absolute atomic E-state index is 5.97. The van der Waals surface area contributed by atoms with E-state index < -0.39 is 0 Å². The van der Waals surface area contributed by atoms with Crippen molar-refractivity contribution in [1.82, 2.24) is 0 Å². The van der Waals surface area contributed by atoms with E-state index in [1.54, 1.807) is 0 Å². The largest absolute Gasteiger partial charge is 0.494 e. The van der Waals surface area contributed by atoms with Crippen LogP contribution in [0, 0.1) is 11.8 Å². The average molecular weight is 569 g/mol. The molecule has 2 aliphatic heterocycles. The first-order chi connectivity index (χ1) is 20.1. The SMILES string of the molecule is CC.CC(C)(c1ccc(OCCCOCC2CCOC2)cc1)c1ccc(OCCCOCC2CCC3OC3C2)cc1. The van der Waals surface area contributed by atoms with Crippen LogP contribution in [-0.4, -0.2) is 65.1 Å². The molecule has 0 bridgehead atoms. The van der Waals surface area contributed by atoms with E-state index in [4.69, 9.17) is 28.4 Å². The highest BCUT2D eigenvalue weighted by Gasteiger charge is 2.43. The lowest BCUT2D eigenvalue weighted by molar-refractivity contribution is 0.0791. The monoisotopic (exact) mass is 568 g/mol. The molecule has 0 amide bonds. The van der Waals surface area contributed by atoms with Gasteiger partial charge in [-0.1, -0.05) is 52.0 Å². The van der Waals surface area contributed by atoms with Gasteiger partial charge in [-0.3, -0.25) is 0 Å². The van der Waals surface area contributed by atoms with E-state index >= 15 is 0 Å². The number of rotatable bonds is 16. The lowest BCUT2D eigenvalue weighted by atomic mass is 9.78. The summed E-state index contributed by atoms with van der Waals surface area (Å²) < 4.78 is 34.6. The second-order valence-electron chi connectivity index (χ2n) is 11.8. The van der Waals surface area contributed by atoms with Crippen molar-refractivity contribution in [2.75, 3.05) is 52.9 Å². The van der Waals surface area contributed by atoms with Crippen LogP contribution in [0.3, 0.4) is 0 Å². The third kappa shape index (κ3) is 9.99. The smallest absolute Gasteiger partial charge is 0.119 e. The van der Waals surface area contributed by atoms with Crippen molar-refractivity contribution in [3.8, 4) is 11.5 Å². The Hall–Kier alpha value is -2.12. The summed E-state index contributed by atoms with van der Waals surface area (Å²) in [7, 11) is 0. The first kappa shape index (κ1) is 31.8. The topological polar surface area (TPSA) is 58.7 Å². The molecule has 0 spiro atoms. The van der Waals surface area contributed by atoms with E-state index in [9.17, 15) is 0 Å². The van der Waals surface area contributed by atoms with Crippen molar-refractivity contribution in [3.05, 3.63) is 59.7 Å². The zero-order valence-corrected chi connectivity index (χ0v) is 25.8. The molecule has 0 N–H and O–H groups in total. The first-order valence-electron chi connectivity index (χ1n) is 15.9. The summed E-state index contributed by atoms with van der Waals surface area (Å²) in [6, 6.07) is 17.0. The fraction of sp³-hybridized carbons (Fsp3) is 0.657. The van der Waals surface area contributed by atoms with E-state index in [1.807, 2.05) is 13.8 Å². The second kappa shape index (κ2) is 16.5. The van der Waals surface area contributed by atoms with Gasteiger partial charge in [-0.25, -0.2) is 0 Å². The van der Waals surface area contributed by atoms with Crippen molar-refractivity contribution in [3.63, 3.8) is 0 Å². The molecule has 2 aromatic rings. The van der Waals surface area contributed by atoms with Crippen molar-refractivity contribution >= 4 is 0 Å². The first-order valence-corrected chi connectivity index (χ1v) is 15.9. The summed E-state index contributed by atoms with van der Waals surface area (Å²) in [5, 5.41) is 0. The molecule has 3 aliphatic rings. The Morgan fingerprint density at radius 2 is 1.24 bits per heavy atom. The molecule has 2 aromatic carbocycles. The molecule has 0 aromatic heterocycles.